The number of nitrogens with one attached hydrogen (secondary N) is 1. The van der Waals surface area contributed by atoms with Crippen LogP contribution in [0.1, 0.15) is 44.9 Å². The topological polar surface area (TPSA) is 25.2 Å². The third-order valence-electron chi connectivity index (χ3n) is 3.31. The molecule has 1 aromatic rings. The van der Waals surface area contributed by atoms with Crippen LogP contribution in [0, 0.1) is 12.8 Å². The van der Waals surface area contributed by atoms with Gasteiger partial charge in [-0.15, -0.1) is 0 Å². The lowest BCUT2D eigenvalue weighted by Crippen LogP contribution is -2.32. The summed E-state index contributed by atoms with van der Waals surface area (Å²) in [7, 11) is 0. The van der Waals surface area contributed by atoms with Crippen molar-refractivity contribution in [2.75, 3.05) is 0 Å². The second-order valence-electron chi connectivity index (χ2n) is 4.27. The van der Waals surface area contributed by atoms with Crippen LogP contribution in [0.25, 0.3) is 0 Å². The molecule has 1 rings (SSSR count). The maximum atomic E-state index is 5.40. The summed E-state index contributed by atoms with van der Waals surface area (Å²) in [6.45, 7) is 9.70. The molecule has 15 heavy (non-hydrogen) atoms. The van der Waals surface area contributed by atoms with Crippen LogP contribution in [-0.4, -0.2) is 6.04 Å². The normalized spacial score (nSPS) is 13.4. The minimum Gasteiger partial charge on any atom is -0.468 e. The van der Waals surface area contributed by atoms with E-state index < -0.39 is 0 Å². The number of hydrogen-bond donors (Lipinski definition) is 1. The van der Waals surface area contributed by atoms with Crippen LogP contribution in [0.4, 0.5) is 0 Å². The van der Waals surface area contributed by atoms with Gasteiger partial charge in [-0.25, -0.2) is 0 Å². The first-order valence-corrected chi connectivity index (χ1v) is 5.95. The lowest BCUT2D eigenvalue weighted by molar-refractivity contribution is 0.339. The summed E-state index contributed by atoms with van der Waals surface area (Å²) in [5, 5.41) is 3.53. The Bertz CT molecular complexity index is 276. The van der Waals surface area contributed by atoms with Gasteiger partial charge in [-0.05, 0) is 31.4 Å². The van der Waals surface area contributed by atoms with Crippen molar-refractivity contribution < 1.29 is 4.42 Å². The average Bonchev–Trinajstić information content (AvgIpc) is 2.63. The van der Waals surface area contributed by atoms with Crippen LogP contribution < -0.4 is 5.32 Å². The van der Waals surface area contributed by atoms with Crippen molar-refractivity contribution in [3.63, 3.8) is 0 Å². The van der Waals surface area contributed by atoms with Gasteiger partial charge in [-0.3, -0.25) is 0 Å². The van der Waals surface area contributed by atoms with Crippen molar-refractivity contribution in [1.82, 2.24) is 5.32 Å². The maximum absolute atomic E-state index is 5.40. The third kappa shape index (κ3) is 3.38. The summed E-state index contributed by atoms with van der Waals surface area (Å²) in [4.78, 5) is 0. The van der Waals surface area contributed by atoms with E-state index in [-0.39, 0.29) is 0 Å². The summed E-state index contributed by atoms with van der Waals surface area (Å²) < 4.78 is 5.40. The van der Waals surface area contributed by atoms with Crippen LogP contribution in [0.15, 0.2) is 16.7 Å². The Morgan fingerprint density at radius 3 is 2.47 bits per heavy atom. The standard InChI is InChI=1S/C13H23NO/c1-5-12(6-2)11(4)14-9-13-10(3)7-8-15-13/h7-8,11-12,14H,5-6,9H2,1-4H3. The molecular formula is C13H23NO. The second kappa shape index (κ2) is 5.96. The van der Waals surface area contributed by atoms with Gasteiger partial charge in [0.05, 0.1) is 12.8 Å². The van der Waals surface area contributed by atoms with Crippen molar-refractivity contribution in [1.29, 1.82) is 0 Å². The SMILES string of the molecule is CCC(CC)C(C)NCc1occc1C. The highest BCUT2D eigenvalue weighted by Crippen LogP contribution is 2.14. The first-order chi connectivity index (χ1) is 7.19. The summed E-state index contributed by atoms with van der Waals surface area (Å²) in [6, 6.07) is 2.57. The highest BCUT2D eigenvalue weighted by Gasteiger charge is 2.13. The van der Waals surface area contributed by atoms with E-state index in [1.54, 1.807) is 6.26 Å². The Balaban J connectivity index is 2.40. The first-order valence-electron chi connectivity index (χ1n) is 5.95. The van der Waals surface area contributed by atoms with E-state index in [0.29, 0.717) is 6.04 Å². The zero-order chi connectivity index (χ0) is 11.3. The van der Waals surface area contributed by atoms with Gasteiger partial charge >= 0.3 is 0 Å². The fourth-order valence-electron chi connectivity index (χ4n) is 2.00. The maximum Gasteiger partial charge on any atom is 0.120 e. The predicted octanol–water partition coefficient (Wildman–Crippen LogP) is 3.50. The minimum atomic E-state index is 0.560. The number of aryl methyl sites for hydroxylation is 1. The Kier molecular flexibility index (Phi) is 4.89. The van der Waals surface area contributed by atoms with Gasteiger partial charge < -0.3 is 9.73 Å². The summed E-state index contributed by atoms with van der Waals surface area (Å²) in [5.74, 6) is 1.83. The first kappa shape index (κ1) is 12.3. The molecule has 1 unspecified atom stereocenters. The molecule has 0 aliphatic rings. The van der Waals surface area contributed by atoms with Crippen molar-refractivity contribution in [3.8, 4) is 0 Å². The van der Waals surface area contributed by atoms with Crippen molar-refractivity contribution in [2.24, 2.45) is 5.92 Å². The summed E-state index contributed by atoms with van der Waals surface area (Å²) >= 11 is 0. The highest BCUT2D eigenvalue weighted by atomic mass is 16.3. The van der Waals surface area contributed by atoms with Gasteiger partial charge in [0.2, 0.25) is 0 Å². The van der Waals surface area contributed by atoms with Crippen LogP contribution in [0.3, 0.4) is 0 Å². The molecule has 0 amide bonds. The fourth-order valence-corrected chi connectivity index (χ4v) is 2.00. The fraction of sp³-hybridized carbons (Fsp3) is 0.692. The predicted molar refractivity (Wildman–Crippen MR) is 63.8 cm³/mol. The van der Waals surface area contributed by atoms with E-state index in [4.69, 9.17) is 4.42 Å². The smallest absolute Gasteiger partial charge is 0.120 e. The molecule has 0 aromatic carbocycles. The van der Waals surface area contributed by atoms with Crippen LogP contribution in [0.5, 0.6) is 0 Å². The molecule has 0 saturated carbocycles. The van der Waals surface area contributed by atoms with Crippen molar-refractivity contribution in [3.05, 3.63) is 23.7 Å². The minimum absolute atomic E-state index is 0.560. The summed E-state index contributed by atoms with van der Waals surface area (Å²) in [5.41, 5.74) is 1.24. The average molecular weight is 209 g/mol. The Hall–Kier alpha value is -0.760. The largest absolute Gasteiger partial charge is 0.468 e. The van der Waals surface area contributed by atoms with E-state index >= 15 is 0 Å². The number of hydrogen-bond acceptors (Lipinski definition) is 2. The van der Waals surface area contributed by atoms with Crippen LogP contribution in [-0.2, 0) is 6.54 Å². The number of rotatable bonds is 6. The van der Waals surface area contributed by atoms with Crippen molar-refractivity contribution >= 4 is 0 Å². The van der Waals surface area contributed by atoms with Gasteiger partial charge in [-0.1, -0.05) is 26.7 Å². The molecule has 1 atom stereocenters. The molecule has 2 heteroatoms. The van der Waals surface area contributed by atoms with Crippen LogP contribution in [0.2, 0.25) is 0 Å². The molecule has 1 heterocycles. The van der Waals surface area contributed by atoms with Gasteiger partial charge in [-0.2, -0.15) is 0 Å². The Morgan fingerprint density at radius 1 is 1.33 bits per heavy atom. The van der Waals surface area contributed by atoms with Crippen LogP contribution >= 0.6 is 0 Å². The van der Waals surface area contributed by atoms with E-state index in [9.17, 15) is 0 Å². The molecule has 86 valence electrons. The molecule has 2 nitrogen and oxygen atoms in total. The Labute approximate surface area is 93.1 Å². The third-order valence-corrected chi connectivity index (χ3v) is 3.31. The molecular weight excluding hydrogens is 186 g/mol. The molecule has 0 saturated heterocycles. The Morgan fingerprint density at radius 2 is 2.00 bits per heavy atom. The molecule has 0 spiro atoms. The zero-order valence-electron chi connectivity index (χ0n) is 10.3. The lowest BCUT2D eigenvalue weighted by Gasteiger charge is -2.22. The molecule has 1 aromatic heterocycles. The van der Waals surface area contributed by atoms with Gasteiger partial charge in [0.25, 0.3) is 0 Å². The molecule has 0 aliphatic carbocycles. The van der Waals surface area contributed by atoms with E-state index in [1.165, 1.54) is 18.4 Å². The molecule has 0 aliphatic heterocycles. The molecule has 0 bridgehead atoms. The van der Waals surface area contributed by atoms with E-state index in [2.05, 4.69) is 33.0 Å². The van der Waals surface area contributed by atoms with E-state index in [0.717, 1.165) is 18.2 Å². The van der Waals surface area contributed by atoms with Gasteiger partial charge in [0.1, 0.15) is 5.76 Å². The highest BCUT2D eigenvalue weighted by molar-refractivity contribution is 5.14. The van der Waals surface area contributed by atoms with Crippen molar-refractivity contribution in [2.45, 2.75) is 53.1 Å². The quantitative estimate of drug-likeness (QED) is 0.775. The lowest BCUT2D eigenvalue weighted by atomic mass is 9.95. The molecule has 0 radical (unpaired) electrons. The van der Waals surface area contributed by atoms with Gasteiger partial charge in [0.15, 0.2) is 0 Å². The molecule has 0 fully saturated rings. The van der Waals surface area contributed by atoms with Gasteiger partial charge in [0, 0.05) is 6.04 Å². The monoisotopic (exact) mass is 209 g/mol. The second-order valence-corrected chi connectivity index (χ2v) is 4.27. The summed E-state index contributed by atoms with van der Waals surface area (Å²) in [6.07, 6.45) is 4.23. The number of furan rings is 1. The van der Waals surface area contributed by atoms with E-state index in [1.807, 2.05) is 6.07 Å². The molecule has 1 N–H and O–H groups in total. The zero-order valence-corrected chi connectivity index (χ0v) is 10.3.